The van der Waals surface area contributed by atoms with E-state index in [1.807, 2.05) is 26.0 Å². The number of aryl methyl sites for hydroxylation is 1. The molecule has 0 aromatic heterocycles. The lowest BCUT2D eigenvalue weighted by molar-refractivity contribution is -0.142. The first kappa shape index (κ1) is 16.5. The van der Waals surface area contributed by atoms with Gasteiger partial charge >= 0.3 is 5.97 Å². The van der Waals surface area contributed by atoms with Gasteiger partial charge in [-0.15, -0.1) is 0 Å². The molecule has 0 aliphatic carbocycles. The van der Waals surface area contributed by atoms with Gasteiger partial charge in [0.15, 0.2) is 6.61 Å². The van der Waals surface area contributed by atoms with Crippen LogP contribution >= 0.6 is 15.9 Å². The second-order valence-electron chi connectivity index (χ2n) is 4.47. The van der Waals surface area contributed by atoms with E-state index in [0.717, 1.165) is 10.0 Å². The summed E-state index contributed by atoms with van der Waals surface area (Å²) < 4.78 is 6.12. The predicted octanol–water partition coefficient (Wildman–Crippen LogP) is 2.51. The Morgan fingerprint density at radius 1 is 1.45 bits per heavy atom. The van der Waals surface area contributed by atoms with Crippen LogP contribution in [0.2, 0.25) is 0 Å². The summed E-state index contributed by atoms with van der Waals surface area (Å²) in [7, 11) is 0. The van der Waals surface area contributed by atoms with Crippen LogP contribution in [0.25, 0.3) is 0 Å². The summed E-state index contributed by atoms with van der Waals surface area (Å²) in [6.45, 7) is 3.60. The first-order valence-electron chi connectivity index (χ1n) is 6.35. The Morgan fingerprint density at radius 2 is 2.15 bits per heavy atom. The molecule has 6 heteroatoms. The number of aliphatic carboxylic acids is 1. The van der Waals surface area contributed by atoms with E-state index in [1.165, 1.54) is 0 Å². The monoisotopic (exact) mass is 343 g/mol. The van der Waals surface area contributed by atoms with Gasteiger partial charge in [-0.25, -0.2) is 4.79 Å². The van der Waals surface area contributed by atoms with E-state index >= 15 is 0 Å². The molecule has 0 unspecified atom stereocenters. The van der Waals surface area contributed by atoms with Gasteiger partial charge in [-0.1, -0.05) is 19.4 Å². The highest BCUT2D eigenvalue weighted by atomic mass is 79.9. The van der Waals surface area contributed by atoms with Gasteiger partial charge in [-0.05, 0) is 47.0 Å². The quantitative estimate of drug-likeness (QED) is 0.797. The minimum Gasteiger partial charge on any atom is -0.483 e. The molecular formula is C14H18BrNO4. The van der Waals surface area contributed by atoms with Crippen LogP contribution in [0.4, 0.5) is 0 Å². The minimum absolute atomic E-state index is 0.213. The van der Waals surface area contributed by atoms with E-state index in [-0.39, 0.29) is 6.61 Å². The number of carbonyl (C=O) groups is 2. The van der Waals surface area contributed by atoms with Crippen molar-refractivity contribution in [2.45, 2.75) is 32.7 Å². The summed E-state index contributed by atoms with van der Waals surface area (Å²) in [6, 6.07) is 4.64. The number of nitrogens with one attached hydrogen (secondary N) is 1. The van der Waals surface area contributed by atoms with Crippen molar-refractivity contribution in [3.63, 3.8) is 0 Å². The van der Waals surface area contributed by atoms with Crippen LogP contribution in [0.15, 0.2) is 22.7 Å². The van der Waals surface area contributed by atoms with E-state index in [0.29, 0.717) is 18.6 Å². The van der Waals surface area contributed by atoms with Crippen LogP contribution in [-0.4, -0.2) is 29.6 Å². The first-order valence-corrected chi connectivity index (χ1v) is 7.14. The highest BCUT2D eigenvalue weighted by Gasteiger charge is 2.19. The average Bonchev–Trinajstić information content (AvgIpc) is 2.37. The number of carboxylic acids is 1. The lowest BCUT2D eigenvalue weighted by Gasteiger charge is -2.14. The van der Waals surface area contributed by atoms with Crippen molar-refractivity contribution in [3.05, 3.63) is 28.2 Å². The SMILES string of the molecule is CCC[C@H](NC(=O)COc1ccc(C)cc1Br)C(=O)O. The molecular weight excluding hydrogens is 326 g/mol. The summed E-state index contributed by atoms with van der Waals surface area (Å²) in [5.74, 6) is -0.928. The molecule has 0 saturated heterocycles. The molecule has 0 spiro atoms. The Morgan fingerprint density at radius 3 is 2.70 bits per heavy atom. The van der Waals surface area contributed by atoms with Gasteiger partial charge in [0.1, 0.15) is 11.8 Å². The van der Waals surface area contributed by atoms with Crippen LogP contribution in [0.3, 0.4) is 0 Å². The fraction of sp³-hybridized carbons (Fsp3) is 0.429. The standard InChI is InChI=1S/C14H18BrNO4/c1-3-4-11(14(18)19)16-13(17)8-20-12-6-5-9(2)7-10(12)15/h5-7,11H,3-4,8H2,1-2H3,(H,16,17)(H,18,19)/t11-/m0/s1. The molecule has 0 aliphatic heterocycles. The van der Waals surface area contributed by atoms with Crippen molar-refractivity contribution in [1.29, 1.82) is 0 Å². The van der Waals surface area contributed by atoms with E-state index in [9.17, 15) is 9.59 Å². The van der Waals surface area contributed by atoms with Crippen LogP contribution in [0, 0.1) is 6.92 Å². The number of carboxylic acid groups (broad SMARTS) is 1. The Labute approximate surface area is 126 Å². The molecule has 1 rings (SSSR count). The second kappa shape index (κ2) is 7.89. The molecule has 0 aliphatic rings. The van der Waals surface area contributed by atoms with Crippen LogP contribution in [0.1, 0.15) is 25.3 Å². The number of rotatable bonds is 7. The van der Waals surface area contributed by atoms with Gasteiger partial charge in [0.05, 0.1) is 4.47 Å². The third kappa shape index (κ3) is 5.21. The summed E-state index contributed by atoms with van der Waals surface area (Å²) in [4.78, 5) is 22.6. The molecule has 110 valence electrons. The molecule has 0 saturated carbocycles. The van der Waals surface area contributed by atoms with Crippen molar-refractivity contribution in [2.75, 3.05) is 6.61 Å². The second-order valence-corrected chi connectivity index (χ2v) is 5.32. The molecule has 1 aromatic rings. The maximum Gasteiger partial charge on any atom is 0.326 e. The van der Waals surface area contributed by atoms with Crippen molar-refractivity contribution >= 4 is 27.8 Å². The number of ether oxygens (including phenoxy) is 1. The maximum atomic E-state index is 11.7. The van der Waals surface area contributed by atoms with Gasteiger partial charge in [0.2, 0.25) is 0 Å². The minimum atomic E-state index is -1.03. The van der Waals surface area contributed by atoms with Crippen LogP contribution in [-0.2, 0) is 9.59 Å². The topological polar surface area (TPSA) is 75.6 Å². The zero-order valence-electron chi connectivity index (χ0n) is 11.5. The maximum absolute atomic E-state index is 11.7. The largest absolute Gasteiger partial charge is 0.483 e. The van der Waals surface area contributed by atoms with E-state index in [1.54, 1.807) is 6.07 Å². The summed E-state index contributed by atoms with van der Waals surface area (Å²) in [5, 5.41) is 11.4. The molecule has 20 heavy (non-hydrogen) atoms. The van der Waals surface area contributed by atoms with Crippen molar-refractivity contribution in [2.24, 2.45) is 0 Å². The van der Waals surface area contributed by atoms with Crippen LogP contribution < -0.4 is 10.1 Å². The Hall–Kier alpha value is -1.56. The molecule has 2 N–H and O–H groups in total. The number of hydrogen-bond acceptors (Lipinski definition) is 3. The number of amides is 1. The number of hydrogen-bond donors (Lipinski definition) is 2. The molecule has 0 heterocycles. The smallest absolute Gasteiger partial charge is 0.326 e. The van der Waals surface area contributed by atoms with Crippen molar-refractivity contribution in [1.82, 2.24) is 5.32 Å². The number of benzene rings is 1. The molecule has 1 atom stereocenters. The van der Waals surface area contributed by atoms with E-state index < -0.39 is 17.9 Å². The Kier molecular flexibility index (Phi) is 6.51. The van der Waals surface area contributed by atoms with Crippen molar-refractivity contribution < 1.29 is 19.4 Å². The number of halogens is 1. The van der Waals surface area contributed by atoms with Gasteiger partial charge in [0, 0.05) is 0 Å². The molecule has 0 radical (unpaired) electrons. The highest BCUT2D eigenvalue weighted by molar-refractivity contribution is 9.10. The lowest BCUT2D eigenvalue weighted by atomic mass is 10.2. The van der Waals surface area contributed by atoms with Gasteiger partial charge in [0.25, 0.3) is 5.91 Å². The molecule has 0 bridgehead atoms. The average molecular weight is 344 g/mol. The molecule has 0 fully saturated rings. The van der Waals surface area contributed by atoms with E-state index in [4.69, 9.17) is 9.84 Å². The van der Waals surface area contributed by atoms with Crippen molar-refractivity contribution in [3.8, 4) is 5.75 Å². The van der Waals surface area contributed by atoms with Gasteiger partial charge in [-0.3, -0.25) is 4.79 Å². The van der Waals surface area contributed by atoms with Crippen LogP contribution in [0.5, 0.6) is 5.75 Å². The number of carbonyl (C=O) groups excluding carboxylic acids is 1. The first-order chi connectivity index (χ1) is 9.43. The molecule has 1 amide bonds. The van der Waals surface area contributed by atoms with Gasteiger partial charge < -0.3 is 15.2 Å². The highest BCUT2D eigenvalue weighted by Crippen LogP contribution is 2.25. The third-order valence-corrected chi connectivity index (χ3v) is 3.28. The predicted molar refractivity (Wildman–Crippen MR) is 78.8 cm³/mol. The summed E-state index contributed by atoms with van der Waals surface area (Å²) in [5.41, 5.74) is 1.07. The van der Waals surface area contributed by atoms with Gasteiger partial charge in [-0.2, -0.15) is 0 Å². The Balaban J connectivity index is 2.52. The Bertz CT molecular complexity index is 490. The third-order valence-electron chi connectivity index (χ3n) is 2.66. The fourth-order valence-electron chi connectivity index (χ4n) is 1.65. The van der Waals surface area contributed by atoms with E-state index in [2.05, 4.69) is 21.2 Å². The summed E-state index contributed by atoms with van der Waals surface area (Å²) >= 11 is 3.35. The lowest BCUT2D eigenvalue weighted by Crippen LogP contribution is -2.42. The zero-order chi connectivity index (χ0) is 15.1. The fourth-order valence-corrected chi connectivity index (χ4v) is 2.26. The zero-order valence-corrected chi connectivity index (χ0v) is 13.1. The molecule has 5 nitrogen and oxygen atoms in total. The molecule has 1 aromatic carbocycles. The normalized spacial score (nSPS) is 11.8. The summed E-state index contributed by atoms with van der Waals surface area (Å²) in [6.07, 6.45) is 1.08.